The van der Waals surface area contributed by atoms with Crippen molar-refractivity contribution in [3.05, 3.63) is 48.6 Å². The molecule has 5 nitrogen and oxygen atoms in total. The van der Waals surface area contributed by atoms with Gasteiger partial charge in [0.25, 0.3) is 0 Å². The number of rotatable bonds is 27. The SMILES string of the molecule is CC/C=C\C/C=C\C/C=C\C/C=C\CCCCCCCCCCCCC(=O)OC(CO)COC(=O)CCCC. The normalized spacial score (nSPS) is 12.8. The molecule has 1 unspecified atom stereocenters. The van der Waals surface area contributed by atoms with E-state index < -0.39 is 6.10 Å². The van der Waals surface area contributed by atoms with Crippen molar-refractivity contribution in [3.63, 3.8) is 0 Å². The van der Waals surface area contributed by atoms with Crippen LogP contribution in [0.3, 0.4) is 0 Å². The van der Waals surface area contributed by atoms with Crippen LogP contribution in [0.15, 0.2) is 48.6 Å². The Labute approximate surface area is 239 Å². The van der Waals surface area contributed by atoms with Crippen molar-refractivity contribution in [3.8, 4) is 0 Å². The van der Waals surface area contributed by atoms with Crippen LogP contribution in [0, 0.1) is 0 Å². The standard InChI is InChI=1S/C34H58O5/c1-3-5-7-8-9-10-11-12-13-14-15-16-17-18-19-20-21-22-23-24-25-26-27-29-34(37)39-32(30-35)31-38-33(36)28-6-4-2/h5,7,9-10,12-13,15-16,32,35H,3-4,6,8,11,14,17-31H2,1-2H3/b7-5-,10-9-,13-12-,16-15-. The van der Waals surface area contributed by atoms with Crippen molar-refractivity contribution in [1.29, 1.82) is 0 Å². The third kappa shape index (κ3) is 28.7. The van der Waals surface area contributed by atoms with Gasteiger partial charge in [-0.25, -0.2) is 0 Å². The van der Waals surface area contributed by atoms with Gasteiger partial charge in [0.1, 0.15) is 6.61 Å². The first-order chi connectivity index (χ1) is 19.1. The molecule has 0 aromatic heterocycles. The summed E-state index contributed by atoms with van der Waals surface area (Å²) in [4.78, 5) is 23.5. The molecule has 1 N–H and O–H groups in total. The highest BCUT2D eigenvalue weighted by atomic mass is 16.6. The van der Waals surface area contributed by atoms with Crippen LogP contribution in [-0.2, 0) is 19.1 Å². The Hall–Kier alpha value is -2.14. The highest BCUT2D eigenvalue weighted by Crippen LogP contribution is 2.13. The fourth-order valence-electron chi connectivity index (χ4n) is 3.99. The van der Waals surface area contributed by atoms with Crippen molar-refractivity contribution in [1.82, 2.24) is 0 Å². The molecule has 0 saturated heterocycles. The number of allylic oxidation sites excluding steroid dienone is 8. The Morgan fingerprint density at radius 3 is 1.64 bits per heavy atom. The lowest BCUT2D eigenvalue weighted by Gasteiger charge is -2.15. The predicted molar refractivity (Wildman–Crippen MR) is 164 cm³/mol. The minimum atomic E-state index is -0.767. The highest BCUT2D eigenvalue weighted by molar-refractivity contribution is 5.70. The molecule has 0 aliphatic heterocycles. The molecule has 0 amide bonds. The van der Waals surface area contributed by atoms with Crippen LogP contribution in [0.1, 0.15) is 136 Å². The molecule has 0 bridgehead atoms. The molecule has 39 heavy (non-hydrogen) atoms. The lowest BCUT2D eigenvalue weighted by molar-refractivity contribution is -0.161. The molecule has 0 heterocycles. The van der Waals surface area contributed by atoms with Crippen LogP contribution in [0.25, 0.3) is 0 Å². The summed E-state index contributed by atoms with van der Waals surface area (Å²) in [5.74, 6) is -0.642. The van der Waals surface area contributed by atoms with Gasteiger partial charge in [-0.15, -0.1) is 0 Å². The van der Waals surface area contributed by atoms with Crippen LogP contribution in [0.5, 0.6) is 0 Å². The highest BCUT2D eigenvalue weighted by Gasteiger charge is 2.15. The summed E-state index contributed by atoms with van der Waals surface area (Å²) >= 11 is 0. The minimum absolute atomic E-state index is 0.0742. The van der Waals surface area contributed by atoms with Gasteiger partial charge in [0.15, 0.2) is 6.10 Å². The quantitative estimate of drug-likeness (QED) is 0.0632. The number of hydrogen-bond acceptors (Lipinski definition) is 5. The second-order valence-corrected chi connectivity index (χ2v) is 10.2. The lowest BCUT2D eigenvalue weighted by Crippen LogP contribution is -2.28. The van der Waals surface area contributed by atoms with Crippen LogP contribution >= 0.6 is 0 Å². The van der Waals surface area contributed by atoms with Gasteiger partial charge in [0, 0.05) is 12.8 Å². The molecule has 0 aromatic carbocycles. The van der Waals surface area contributed by atoms with Gasteiger partial charge in [0.05, 0.1) is 6.61 Å². The average molecular weight is 547 g/mol. The summed E-state index contributed by atoms with van der Waals surface area (Å²) in [6.07, 6.45) is 36.9. The Bertz CT molecular complexity index is 677. The monoisotopic (exact) mass is 546 g/mol. The summed E-state index contributed by atoms with van der Waals surface area (Å²) in [5.41, 5.74) is 0. The van der Waals surface area contributed by atoms with E-state index in [-0.39, 0.29) is 25.2 Å². The zero-order valence-electron chi connectivity index (χ0n) is 25.1. The Balaban J connectivity index is 3.48. The third-order valence-electron chi connectivity index (χ3n) is 6.39. The first kappa shape index (κ1) is 36.9. The summed E-state index contributed by atoms with van der Waals surface area (Å²) in [6, 6.07) is 0. The molecule has 0 rings (SSSR count). The van der Waals surface area contributed by atoms with E-state index in [0.717, 1.165) is 57.8 Å². The number of esters is 2. The van der Waals surface area contributed by atoms with E-state index in [4.69, 9.17) is 9.47 Å². The summed E-state index contributed by atoms with van der Waals surface area (Å²) in [6.45, 7) is 3.75. The molecule has 0 radical (unpaired) electrons. The lowest BCUT2D eigenvalue weighted by atomic mass is 10.0. The molecule has 0 spiro atoms. The van der Waals surface area contributed by atoms with Gasteiger partial charge < -0.3 is 14.6 Å². The van der Waals surface area contributed by atoms with E-state index in [1.165, 1.54) is 51.4 Å². The minimum Gasteiger partial charge on any atom is -0.462 e. The first-order valence-corrected chi connectivity index (χ1v) is 15.7. The van der Waals surface area contributed by atoms with Crippen molar-refractivity contribution in [2.75, 3.05) is 13.2 Å². The predicted octanol–water partition coefficient (Wildman–Crippen LogP) is 9.11. The molecular weight excluding hydrogens is 488 g/mol. The molecule has 0 aliphatic carbocycles. The number of aliphatic hydroxyl groups excluding tert-OH is 1. The summed E-state index contributed by atoms with van der Waals surface area (Å²) < 4.78 is 10.3. The van der Waals surface area contributed by atoms with E-state index in [2.05, 4.69) is 55.5 Å². The molecule has 5 heteroatoms. The first-order valence-electron chi connectivity index (χ1n) is 15.7. The Morgan fingerprint density at radius 1 is 0.615 bits per heavy atom. The van der Waals surface area contributed by atoms with E-state index in [9.17, 15) is 14.7 Å². The molecule has 0 fully saturated rings. The fraction of sp³-hybridized carbons (Fsp3) is 0.706. The molecule has 0 aliphatic rings. The van der Waals surface area contributed by atoms with Gasteiger partial charge in [-0.3, -0.25) is 9.59 Å². The number of carbonyl (C=O) groups is 2. The van der Waals surface area contributed by atoms with Crippen LogP contribution in [-0.4, -0.2) is 36.4 Å². The number of unbranched alkanes of at least 4 members (excludes halogenated alkanes) is 11. The van der Waals surface area contributed by atoms with Crippen LogP contribution in [0.2, 0.25) is 0 Å². The van der Waals surface area contributed by atoms with Gasteiger partial charge in [-0.1, -0.05) is 120 Å². The third-order valence-corrected chi connectivity index (χ3v) is 6.39. The van der Waals surface area contributed by atoms with Crippen molar-refractivity contribution in [2.45, 2.75) is 142 Å². The molecular formula is C34H58O5. The Morgan fingerprint density at radius 2 is 1.10 bits per heavy atom. The maximum absolute atomic E-state index is 12.0. The molecule has 1 atom stereocenters. The second-order valence-electron chi connectivity index (χ2n) is 10.2. The maximum atomic E-state index is 12.0. The fourth-order valence-corrected chi connectivity index (χ4v) is 3.99. The van der Waals surface area contributed by atoms with E-state index in [1.807, 2.05) is 6.92 Å². The van der Waals surface area contributed by atoms with Crippen LogP contribution < -0.4 is 0 Å². The van der Waals surface area contributed by atoms with Crippen LogP contribution in [0.4, 0.5) is 0 Å². The number of ether oxygens (including phenoxy) is 2. The molecule has 0 aromatic rings. The number of hydrogen-bond donors (Lipinski definition) is 1. The van der Waals surface area contributed by atoms with Crippen molar-refractivity contribution >= 4 is 11.9 Å². The van der Waals surface area contributed by atoms with Crippen molar-refractivity contribution in [2.24, 2.45) is 0 Å². The molecule has 0 saturated carbocycles. The molecule has 224 valence electrons. The topological polar surface area (TPSA) is 72.8 Å². The average Bonchev–Trinajstić information content (AvgIpc) is 2.94. The van der Waals surface area contributed by atoms with E-state index >= 15 is 0 Å². The summed E-state index contributed by atoms with van der Waals surface area (Å²) in [5, 5.41) is 9.34. The second kappa shape index (κ2) is 30.4. The smallest absolute Gasteiger partial charge is 0.306 e. The largest absolute Gasteiger partial charge is 0.462 e. The van der Waals surface area contributed by atoms with Gasteiger partial charge >= 0.3 is 11.9 Å². The zero-order valence-corrected chi connectivity index (χ0v) is 25.1. The number of aliphatic hydroxyl groups is 1. The van der Waals surface area contributed by atoms with Gasteiger partial charge in [-0.2, -0.15) is 0 Å². The number of carbonyl (C=O) groups excluding carboxylic acids is 2. The summed E-state index contributed by atoms with van der Waals surface area (Å²) in [7, 11) is 0. The van der Waals surface area contributed by atoms with Crippen molar-refractivity contribution < 1.29 is 24.2 Å². The zero-order chi connectivity index (χ0) is 28.7. The van der Waals surface area contributed by atoms with Gasteiger partial charge in [0.2, 0.25) is 0 Å². The Kier molecular flexibility index (Phi) is 28.7. The van der Waals surface area contributed by atoms with E-state index in [1.54, 1.807) is 0 Å². The van der Waals surface area contributed by atoms with Gasteiger partial charge in [-0.05, 0) is 51.4 Å². The van der Waals surface area contributed by atoms with E-state index in [0.29, 0.717) is 12.8 Å². The maximum Gasteiger partial charge on any atom is 0.306 e.